The third-order valence-corrected chi connectivity index (χ3v) is 4.88. The molecular formula is C13H21ClN4. The van der Waals surface area contributed by atoms with Crippen molar-refractivity contribution in [2.24, 2.45) is 13.0 Å². The number of fused-ring (bicyclic) bond motifs is 1. The van der Waals surface area contributed by atoms with E-state index in [1.165, 1.54) is 25.1 Å². The van der Waals surface area contributed by atoms with Crippen LogP contribution in [0, 0.1) is 5.92 Å². The van der Waals surface area contributed by atoms with Crippen molar-refractivity contribution in [1.82, 2.24) is 20.0 Å². The number of hydrogen-bond donors (Lipinski definition) is 1. The van der Waals surface area contributed by atoms with Crippen molar-refractivity contribution < 1.29 is 0 Å². The lowest BCUT2D eigenvalue weighted by Crippen LogP contribution is -2.33. The number of halogens is 1. The Morgan fingerprint density at radius 1 is 1.44 bits per heavy atom. The van der Waals surface area contributed by atoms with E-state index >= 15 is 0 Å². The summed E-state index contributed by atoms with van der Waals surface area (Å²) in [6, 6.07) is 0.700. The smallest absolute Gasteiger partial charge is 0.131 e. The maximum absolute atomic E-state index is 6.37. The Hall–Kier alpha value is -0.580. The highest BCUT2D eigenvalue weighted by atomic mass is 35.5. The van der Waals surface area contributed by atoms with Crippen molar-refractivity contribution in [3.05, 3.63) is 16.4 Å². The second-order valence-corrected chi connectivity index (χ2v) is 5.80. The maximum atomic E-state index is 6.37. The normalized spacial score (nSPS) is 27.9. The van der Waals surface area contributed by atoms with Gasteiger partial charge in [-0.15, -0.1) is 0 Å². The second-order valence-electron chi connectivity index (χ2n) is 5.44. The quantitative estimate of drug-likeness (QED) is 0.900. The molecule has 3 rings (SSSR count). The molecule has 0 spiro atoms. The van der Waals surface area contributed by atoms with Crippen LogP contribution in [0.1, 0.15) is 24.6 Å². The van der Waals surface area contributed by atoms with Gasteiger partial charge in [0.15, 0.2) is 0 Å². The average Bonchev–Trinajstić information content (AvgIpc) is 3.01. The first-order chi connectivity index (χ1) is 8.70. The van der Waals surface area contributed by atoms with E-state index in [1.54, 1.807) is 4.68 Å². The van der Waals surface area contributed by atoms with Crippen molar-refractivity contribution in [3.63, 3.8) is 0 Å². The molecular weight excluding hydrogens is 248 g/mol. The highest BCUT2D eigenvalue weighted by molar-refractivity contribution is 6.30. The SMILES string of the molecule is CCc1nn(C)c(Cl)c1CN1CC[C@@H]2CNC[C@@H]21. The van der Waals surface area contributed by atoms with Crippen LogP contribution in [0.3, 0.4) is 0 Å². The topological polar surface area (TPSA) is 33.1 Å². The number of nitrogens with zero attached hydrogens (tertiary/aromatic N) is 3. The summed E-state index contributed by atoms with van der Waals surface area (Å²) in [5.74, 6) is 0.838. The van der Waals surface area contributed by atoms with Gasteiger partial charge in [0.2, 0.25) is 0 Å². The number of nitrogens with one attached hydrogen (secondary N) is 1. The molecule has 4 nitrogen and oxygen atoms in total. The Morgan fingerprint density at radius 2 is 2.28 bits per heavy atom. The third kappa shape index (κ3) is 1.96. The Labute approximate surface area is 113 Å². The van der Waals surface area contributed by atoms with Crippen LogP contribution in [0.5, 0.6) is 0 Å². The molecule has 0 aromatic carbocycles. The van der Waals surface area contributed by atoms with E-state index in [-0.39, 0.29) is 0 Å². The van der Waals surface area contributed by atoms with Crippen molar-refractivity contribution in [1.29, 1.82) is 0 Å². The minimum Gasteiger partial charge on any atom is -0.315 e. The Morgan fingerprint density at radius 3 is 3.06 bits per heavy atom. The molecule has 18 heavy (non-hydrogen) atoms. The summed E-state index contributed by atoms with van der Waals surface area (Å²) in [4.78, 5) is 2.58. The summed E-state index contributed by atoms with van der Waals surface area (Å²) in [6.07, 6.45) is 2.27. The van der Waals surface area contributed by atoms with Gasteiger partial charge in [-0.3, -0.25) is 9.58 Å². The highest BCUT2D eigenvalue weighted by Gasteiger charge is 2.37. The zero-order valence-corrected chi connectivity index (χ0v) is 11.9. The summed E-state index contributed by atoms with van der Waals surface area (Å²) in [7, 11) is 1.93. The number of aromatic nitrogens is 2. The van der Waals surface area contributed by atoms with Gasteiger partial charge in [0.05, 0.1) is 5.69 Å². The second kappa shape index (κ2) is 4.83. The Bertz CT molecular complexity index is 442. The lowest BCUT2D eigenvalue weighted by Gasteiger charge is -2.23. The van der Waals surface area contributed by atoms with Crippen molar-refractivity contribution in [2.75, 3.05) is 19.6 Å². The number of aryl methyl sites for hydroxylation is 2. The van der Waals surface area contributed by atoms with Gasteiger partial charge in [0, 0.05) is 31.7 Å². The van der Waals surface area contributed by atoms with Crippen LogP contribution in [0.25, 0.3) is 0 Å². The average molecular weight is 269 g/mol. The van der Waals surface area contributed by atoms with Crippen molar-refractivity contribution >= 4 is 11.6 Å². The highest BCUT2D eigenvalue weighted by Crippen LogP contribution is 2.31. The molecule has 0 aliphatic carbocycles. The molecule has 0 unspecified atom stereocenters. The third-order valence-electron chi connectivity index (χ3n) is 4.41. The minimum absolute atomic E-state index is 0.700. The van der Waals surface area contributed by atoms with E-state index in [1.807, 2.05) is 7.05 Å². The van der Waals surface area contributed by atoms with Gasteiger partial charge in [0.1, 0.15) is 5.15 Å². The monoisotopic (exact) mass is 268 g/mol. The van der Waals surface area contributed by atoms with Crippen LogP contribution in [0.4, 0.5) is 0 Å². The zero-order chi connectivity index (χ0) is 12.7. The molecule has 2 atom stereocenters. The summed E-state index contributed by atoms with van der Waals surface area (Å²) >= 11 is 6.37. The molecule has 0 bridgehead atoms. The van der Waals surface area contributed by atoms with Gasteiger partial charge in [-0.2, -0.15) is 5.10 Å². The van der Waals surface area contributed by atoms with Crippen LogP contribution in [0.2, 0.25) is 5.15 Å². The van der Waals surface area contributed by atoms with Gasteiger partial charge in [-0.25, -0.2) is 0 Å². The largest absolute Gasteiger partial charge is 0.315 e. The lowest BCUT2D eigenvalue weighted by molar-refractivity contribution is 0.243. The summed E-state index contributed by atoms with van der Waals surface area (Å²) < 4.78 is 1.80. The fourth-order valence-electron chi connectivity index (χ4n) is 3.38. The van der Waals surface area contributed by atoms with E-state index in [0.717, 1.165) is 36.3 Å². The molecule has 0 amide bonds. The van der Waals surface area contributed by atoms with Crippen LogP contribution >= 0.6 is 11.6 Å². The van der Waals surface area contributed by atoms with E-state index in [9.17, 15) is 0 Å². The fourth-order valence-corrected chi connectivity index (χ4v) is 3.58. The predicted octanol–water partition coefficient (Wildman–Crippen LogP) is 1.43. The van der Waals surface area contributed by atoms with Crippen molar-refractivity contribution in [2.45, 2.75) is 32.4 Å². The molecule has 1 N–H and O–H groups in total. The Balaban J connectivity index is 1.80. The van der Waals surface area contributed by atoms with Crippen LogP contribution in [-0.4, -0.2) is 40.4 Å². The summed E-state index contributed by atoms with van der Waals surface area (Å²) in [6.45, 7) is 6.61. The minimum atomic E-state index is 0.700. The molecule has 2 saturated heterocycles. The predicted molar refractivity (Wildman–Crippen MR) is 72.8 cm³/mol. The fraction of sp³-hybridized carbons (Fsp3) is 0.769. The Kier molecular flexibility index (Phi) is 3.34. The van der Waals surface area contributed by atoms with Gasteiger partial charge >= 0.3 is 0 Å². The van der Waals surface area contributed by atoms with E-state index in [0.29, 0.717) is 6.04 Å². The standard InChI is InChI=1S/C13H21ClN4/c1-3-11-10(13(14)17(2)16-11)8-18-5-4-9-6-15-7-12(9)18/h9,12,15H,3-8H2,1-2H3/t9-,12+/m1/s1. The maximum Gasteiger partial charge on any atom is 0.131 e. The van der Waals surface area contributed by atoms with Crippen LogP contribution < -0.4 is 5.32 Å². The molecule has 0 radical (unpaired) electrons. The molecule has 2 aliphatic rings. The van der Waals surface area contributed by atoms with E-state index < -0.39 is 0 Å². The lowest BCUT2D eigenvalue weighted by atomic mass is 10.0. The summed E-state index contributed by atoms with van der Waals surface area (Å²) in [5.41, 5.74) is 2.38. The van der Waals surface area contributed by atoms with Crippen LogP contribution in [0.15, 0.2) is 0 Å². The van der Waals surface area contributed by atoms with E-state index in [4.69, 9.17) is 11.6 Å². The van der Waals surface area contributed by atoms with Gasteiger partial charge in [-0.1, -0.05) is 18.5 Å². The van der Waals surface area contributed by atoms with E-state index in [2.05, 4.69) is 22.2 Å². The van der Waals surface area contributed by atoms with Gasteiger partial charge < -0.3 is 5.32 Å². The number of rotatable bonds is 3. The first-order valence-electron chi connectivity index (χ1n) is 6.85. The molecule has 100 valence electrons. The van der Waals surface area contributed by atoms with Crippen molar-refractivity contribution in [3.8, 4) is 0 Å². The molecule has 3 heterocycles. The van der Waals surface area contributed by atoms with Gasteiger partial charge in [-0.05, 0) is 31.8 Å². The zero-order valence-electron chi connectivity index (χ0n) is 11.1. The molecule has 2 aliphatic heterocycles. The molecule has 2 fully saturated rings. The molecule has 1 aromatic heterocycles. The number of likely N-dealkylation sites (tertiary alicyclic amines) is 1. The molecule has 5 heteroatoms. The number of hydrogen-bond acceptors (Lipinski definition) is 3. The first-order valence-corrected chi connectivity index (χ1v) is 7.23. The first kappa shape index (κ1) is 12.5. The molecule has 0 saturated carbocycles. The molecule has 1 aromatic rings. The summed E-state index contributed by atoms with van der Waals surface area (Å²) in [5, 5.41) is 8.80. The van der Waals surface area contributed by atoms with Gasteiger partial charge in [0.25, 0.3) is 0 Å². The van der Waals surface area contributed by atoms with Crippen LogP contribution in [-0.2, 0) is 20.0 Å².